The van der Waals surface area contributed by atoms with E-state index in [0.29, 0.717) is 30.1 Å². The van der Waals surface area contributed by atoms with Crippen LogP contribution in [-0.4, -0.2) is 35.9 Å². The van der Waals surface area contributed by atoms with Gasteiger partial charge in [0.15, 0.2) is 0 Å². The number of likely N-dealkylation sites (N-methyl/N-ethyl adjacent to an activating group) is 1. The number of nitrogens with one attached hydrogen (secondary N) is 1. The van der Waals surface area contributed by atoms with Crippen LogP contribution in [0.5, 0.6) is 0 Å². The number of nitrogens with two attached hydrogens (primary N) is 1. The number of thiocarbonyl (C=S) groups is 1. The normalized spacial score (nSPS) is 11.0. The summed E-state index contributed by atoms with van der Waals surface area (Å²) in [4.78, 5) is 13.6. The fourth-order valence-electron chi connectivity index (χ4n) is 1.79. The second-order valence-corrected chi connectivity index (χ2v) is 5.98. The summed E-state index contributed by atoms with van der Waals surface area (Å²) in [7, 11) is 1.77. The first kappa shape index (κ1) is 17.5. The highest BCUT2D eigenvalue weighted by molar-refractivity contribution is 7.80. The fourth-order valence-corrected chi connectivity index (χ4v) is 1.92. The van der Waals surface area contributed by atoms with E-state index in [9.17, 15) is 9.18 Å². The lowest BCUT2D eigenvalue weighted by atomic mass is 10.1. The van der Waals surface area contributed by atoms with Crippen LogP contribution < -0.4 is 11.1 Å². The number of nitrogens with zero attached hydrogens (tertiary/aromatic N) is 1. The first-order valence-corrected chi connectivity index (χ1v) is 7.24. The summed E-state index contributed by atoms with van der Waals surface area (Å²) in [5, 5.41) is 2.83. The highest BCUT2D eigenvalue weighted by Gasteiger charge is 2.11. The van der Waals surface area contributed by atoms with E-state index in [4.69, 9.17) is 18.0 Å². The molecule has 0 aliphatic rings. The van der Waals surface area contributed by atoms with Gasteiger partial charge in [-0.25, -0.2) is 4.39 Å². The molecule has 1 amide bonds. The monoisotopic (exact) mass is 311 g/mol. The summed E-state index contributed by atoms with van der Waals surface area (Å²) in [5.74, 6) is -0.0227. The van der Waals surface area contributed by atoms with Crippen molar-refractivity contribution in [2.45, 2.75) is 20.4 Å². The van der Waals surface area contributed by atoms with Crippen molar-refractivity contribution in [1.29, 1.82) is 0 Å². The molecule has 0 atom stereocenters. The van der Waals surface area contributed by atoms with Crippen molar-refractivity contribution in [2.75, 3.05) is 20.1 Å². The third kappa shape index (κ3) is 6.18. The molecule has 0 aliphatic heterocycles. The summed E-state index contributed by atoms with van der Waals surface area (Å²) in [5.41, 5.74) is 6.47. The molecule has 0 saturated carbocycles. The van der Waals surface area contributed by atoms with Crippen molar-refractivity contribution in [3.8, 4) is 0 Å². The lowest BCUT2D eigenvalue weighted by Crippen LogP contribution is -2.36. The minimum absolute atomic E-state index is 0.0636. The molecular weight excluding hydrogens is 289 g/mol. The molecule has 0 aliphatic carbocycles. The van der Waals surface area contributed by atoms with Crippen molar-refractivity contribution >= 4 is 23.1 Å². The molecule has 0 unspecified atom stereocenters. The van der Waals surface area contributed by atoms with Gasteiger partial charge >= 0.3 is 0 Å². The number of halogens is 1. The Bertz CT molecular complexity index is 520. The molecule has 6 heteroatoms. The molecule has 1 aromatic carbocycles. The van der Waals surface area contributed by atoms with Gasteiger partial charge in [-0.3, -0.25) is 9.69 Å². The topological polar surface area (TPSA) is 58.4 Å². The van der Waals surface area contributed by atoms with Crippen molar-refractivity contribution < 1.29 is 9.18 Å². The first-order valence-electron chi connectivity index (χ1n) is 6.83. The van der Waals surface area contributed by atoms with E-state index >= 15 is 0 Å². The van der Waals surface area contributed by atoms with Gasteiger partial charge in [-0.05, 0) is 19.0 Å². The largest absolute Gasteiger partial charge is 0.389 e. The van der Waals surface area contributed by atoms with Crippen LogP contribution in [0.4, 0.5) is 4.39 Å². The Balaban J connectivity index is 2.56. The van der Waals surface area contributed by atoms with E-state index in [2.05, 4.69) is 5.32 Å². The Labute approximate surface area is 130 Å². The Morgan fingerprint density at radius 2 is 2.14 bits per heavy atom. The quantitative estimate of drug-likeness (QED) is 0.752. The van der Waals surface area contributed by atoms with Crippen LogP contribution in [-0.2, 0) is 11.3 Å². The maximum Gasteiger partial charge on any atom is 0.234 e. The molecule has 1 aromatic rings. The van der Waals surface area contributed by atoms with Crippen LogP contribution in [0.2, 0.25) is 0 Å². The maximum atomic E-state index is 13.9. The van der Waals surface area contributed by atoms with Crippen LogP contribution >= 0.6 is 12.2 Å². The minimum atomic E-state index is -0.366. The van der Waals surface area contributed by atoms with Crippen LogP contribution in [0.3, 0.4) is 0 Å². The van der Waals surface area contributed by atoms with Gasteiger partial charge in [0, 0.05) is 24.2 Å². The summed E-state index contributed by atoms with van der Waals surface area (Å²) in [6, 6.07) is 4.66. The van der Waals surface area contributed by atoms with Crippen LogP contribution in [0.25, 0.3) is 0 Å². The molecule has 116 valence electrons. The first-order chi connectivity index (χ1) is 9.79. The van der Waals surface area contributed by atoms with Crippen molar-refractivity contribution in [3.05, 3.63) is 35.1 Å². The Kier molecular flexibility index (Phi) is 6.71. The van der Waals surface area contributed by atoms with Crippen LogP contribution in [0, 0.1) is 11.7 Å². The fraction of sp³-hybridized carbons (Fsp3) is 0.467. The van der Waals surface area contributed by atoms with E-state index < -0.39 is 0 Å². The van der Waals surface area contributed by atoms with E-state index in [0.717, 1.165) is 0 Å². The van der Waals surface area contributed by atoms with Crippen LogP contribution in [0.1, 0.15) is 25.0 Å². The standard InChI is InChI=1S/C15H22FN3OS/c1-10(2)7-18-14(20)9-19(3)8-12-5-4-11(15(17)21)6-13(12)16/h4-6,10H,7-9H2,1-3H3,(H2,17,21)(H,18,20). The summed E-state index contributed by atoms with van der Waals surface area (Å²) in [6.45, 7) is 5.27. The highest BCUT2D eigenvalue weighted by Crippen LogP contribution is 2.12. The number of carbonyl (C=O) groups excluding carboxylic acids is 1. The molecule has 21 heavy (non-hydrogen) atoms. The van der Waals surface area contributed by atoms with E-state index in [1.165, 1.54) is 6.07 Å². The molecule has 0 aromatic heterocycles. The lowest BCUT2D eigenvalue weighted by molar-refractivity contribution is -0.122. The zero-order chi connectivity index (χ0) is 16.0. The van der Waals surface area contributed by atoms with E-state index in [1.807, 2.05) is 13.8 Å². The van der Waals surface area contributed by atoms with Gasteiger partial charge in [-0.1, -0.05) is 38.2 Å². The zero-order valence-corrected chi connectivity index (χ0v) is 13.5. The second kappa shape index (κ2) is 8.05. The number of hydrogen-bond acceptors (Lipinski definition) is 3. The molecular formula is C15H22FN3OS. The van der Waals surface area contributed by atoms with Gasteiger partial charge in [-0.15, -0.1) is 0 Å². The van der Waals surface area contributed by atoms with Crippen LogP contribution in [0.15, 0.2) is 18.2 Å². The van der Waals surface area contributed by atoms with Crippen molar-refractivity contribution in [3.63, 3.8) is 0 Å². The number of benzene rings is 1. The SMILES string of the molecule is CC(C)CNC(=O)CN(C)Cc1ccc(C(N)=S)cc1F. The van der Waals surface area contributed by atoms with E-state index in [1.54, 1.807) is 24.1 Å². The highest BCUT2D eigenvalue weighted by atomic mass is 32.1. The summed E-state index contributed by atoms with van der Waals surface area (Å²) < 4.78 is 13.9. The predicted molar refractivity (Wildman–Crippen MR) is 86.5 cm³/mol. The van der Waals surface area contributed by atoms with Gasteiger partial charge in [0.1, 0.15) is 10.8 Å². The molecule has 1 rings (SSSR count). The summed E-state index contributed by atoms with van der Waals surface area (Å²) in [6.07, 6.45) is 0. The number of amides is 1. The second-order valence-electron chi connectivity index (χ2n) is 5.54. The lowest BCUT2D eigenvalue weighted by Gasteiger charge is -2.17. The minimum Gasteiger partial charge on any atom is -0.389 e. The van der Waals surface area contributed by atoms with Gasteiger partial charge in [0.2, 0.25) is 5.91 Å². The van der Waals surface area contributed by atoms with Crippen molar-refractivity contribution in [2.24, 2.45) is 11.7 Å². The van der Waals surface area contributed by atoms with E-state index in [-0.39, 0.29) is 23.3 Å². The number of hydrogen-bond donors (Lipinski definition) is 2. The van der Waals surface area contributed by atoms with Gasteiger partial charge in [-0.2, -0.15) is 0 Å². The number of rotatable bonds is 7. The van der Waals surface area contributed by atoms with Gasteiger partial charge < -0.3 is 11.1 Å². The molecule has 3 N–H and O–H groups in total. The number of carbonyl (C=O) groups is 1. The Hall–Kier alpha value is -1.53. The zero-order valence-electron chi connectivity index (χ0n) is 12.6. The average molecular weight is 311 g/mol. The Morgan fingerprint density at radius 3 is 2.67 bits per heavy atom. The molecule has 0 spiro atoms. The van der Waals surface area contributed by atoms with Gasteiger partial charge in [0.05, 0.1) is 6.54 Å². The maximum absolute atomic E-state index is 13.9. The molecule has 0 saturated heterocycles. The molecule has 0 bridgehead atoms. The molecule has 0 heterocycles. The van der Waals surface area contributed by atoms with Crippen molar-refractivity contribution in [1.82, 2.24) is 10.2 Å². The van der Waals surface area contributed by atoms with Gasteiger partial charge in [0.25, 0.3) is 0 Å². The Morgan fingerprint density at radius 1 is 1.48 bits per heavy atom. The summed E-state index contributed by atoms with van der Waals surface area (Å²) >= 11 is 4.81. The molecule has 0 radical (unpaired) electrons. The third-order valence-corrected chi connectivity index (χ3v) is 3.13. The third-order valence-electron chi connectivity index (χ3n) is 2.90. The molecule has 0 fully saturated rings. The smallest absolute Gasteiger partial charge is 0.234 e. The molecule has 4 nitrogen and oxygen atoms in total. The average Bonchev–Trinajstić information content (AvgIpc) is 2.38. The predicted octanol–water partition coefficient (Wildman–Crippen LogP) is 1.66.